The molecule has 12 heteroatoms. The second-order valence-corrected chi connectivity index (χ2v) is 11.9. The van der Waals surface area contributed by atoms with Crippen LogP contribution in [0.25, 0.3) is 16.2 Å². The maximum Gasteiger partial charge on any atom is 0.573 e. The third-order valence-electron chi connectivity index (χ3n) is 6.91. The Labute approximate surface area is 216 Å². The minimum atomic E-state index is -4.75. The second kappa shape index (κ2) is 9.38. The van der Waals surface area contributed by atoms with E-state index in [0.717, 1.165) is 45.3 Å². The van der Waals surface area contributed by atoms with E-state index in [1.54, 1.807) is 16.8 Å². The number of nitrogens with one attached hydrogen (secondary N) is 1. The topological polar surface area (TPSA) is 81.0 Å². The summed E-state index contributed by atoms with van der Waals surface area (Å²) in [5, 5.41) is 8.71. The Morgan fingerprint density at radius 2 is 1.95 bits per heavy atom. The van der Waals surface area contributed by atoms with Crippen LogP contribution in [0.2, 0.25) is 0 Å². The largest absolute Gasteiger partial charge is 0.573 e. The van der Waals surface area contributed by atoms with Gasteiger partial charge in [-0.15, -0.1) is 18.3 Å². The van der Waals surface area contributed by atoms with Crippen LogP contribution in [0, 0.1) is 11.3 Å². The molecule has 2 aromatic heterocycles. The fourth-order valence-electron chi connectivity index (χ4n) is 5.25. The van der Waals surface area contributed by atoms with Gasteiger partial charge in [0.1, 0.15) is 11.4 Å². The summed E-state index contributed by atoms with van der Waals surface area (Å²) in [7, 11) is 0. The molecule has 0 atom stereocenters. The van der Waals surface area contributed by atoms with Crippen molar-refractivity contribution in [1.29, 1.82) is 0 Å². The number of hydrogen-bond acceptors (Lipinski definition) is 7. The van der Waals surface area contributed by atoms with Crippen molar-refractivity contribution in [3.8, 4) is 17.0 Å². The highest BCUT2D eigenvalue weighted by Crippen LogP contribution is 2.52. The summed E-state index contributed by atoms with van der Waals surface area (Å²) < 4.78 is 49.0. The summed E-state index contributed by atoms with van der Waals surface area (Å²) in [6.07, 6.45) is 0.826. The second-order valence-electron chi connectivity index (χ2n) is 10.9. The highest BCUT2D eigenvalue weighted by Gasteiger charge is 2.46. The Kier molecular flexibility index (Phi) is 6.49. The number of halogens is 3. The Morgan fingerprint density at radius 3 is 2.62 bits per heavy atom. The molecule has 2 fully saturated rings. The molecule has 3 heterocycles. The number of amides is 1. The number of carbonyl (C=O) groups is 1. The molecule has 5 rings (SSSR count). The number of aromatic nitrogens is 3. The zero-order valence-electron chi connectivity index (χ0n) is 21.0. The van der Waals surface area contributed by atoms with E-state index in [0.29, 0.717) is 32.7 Å². The molecule has 1 aliphatic carbocycles. The van der Waals surface area contributed by atoms with Crippen LogP contribution in [-0.2, 0) is 4.74 Å². The lowest BCUT2D eigenvalue weighted by Gasteiger charge is -2.52. The first kappa shape index (κ1) is 25.6. The number of imidazole rings is 1. The van der Waals surface area contributed by atoms with Crippen LogP contribution >= 0.6 is 11.3 Å². The van der Waals surface area contributed by atoms with Crippen molar-refractivity contribution < 1.29 is 27.4 Å². The molecule has 37 heavy (non-hydrogen) atoms. The fourth-order valence-corrected chi connectivity index (χ4v) is 6.03. The van der Waals surface area contributed by atoms with Gasteiger partial charge in [-0.1, -0.05) is 23.5 Å². The first-order valence-corrected chi connectivity index (χ1v) is 13.1. The Hall–Kier alpha value is -3.02. The van der Waals surface area contributed by atoms with E-state index in [-0.39, 0.29) is 11.8 Å². The number of carbonyl (C=O) groups excluding carboxylic acids is 1. The van der Waals surface area contributed by atoms with Crippen molar-refractivity contribution in [3.05, 3.63) is 30.5 Å². The monoisotopic (exact) mass is 537 g/mol. The van der Waals surface area contributed by atoms with Crippen molar-refractivity contribution in [2.24, 2.45) is 11.3 Å². The van der Waals surface area contributed by atoms with Crippen LogP contribution in [0.4, 0.5) is 23.1 Å². The van der Waals surface area contributed by atoms with Crippen molar-refractivity contribution >= 4 is 27.5 Å². The van der Waals surface area contributed by atoms with Crippen LogP contribution in [0.1, 0.15) is 46.5 Å². The van der Waals surface area contributed by atoms with Gasteiger partial charge < -0.3 is 19.7 Å². The Bertz CT molecular complexity index is 1270. The molecule has 1 N–H and O–H groups in total. The first-order valence-electron chi connectivity index (χ1n) is 12.3. The van der Waals surface area contributed by atoms with E-state index in [9.17, 15) is 18.0 Å². The lowest BCUT2D eigenvalue weighted by Crippen LogP contribution is -2.50. The Morgan fingerprint density at radius 1 is 1.22 bits per heavy atom. The maximum absolute atomic E-state index is 12.6. The number of likely N-dealkylation sites (tertiary alicyclic amines) is 1. The van der Waals surface area contributed by atoms with Crippen molar-refractivity contribution in [2.45, 2.75) is 58.4 Å². The third kappa shape index (κ3) is 5.94. The van der Waals surface area contributed by atoms with Gasteiger partial charge in [0.2, 0.25) is 10.1 Å². The number of piperidine rings is 1. The van der Waals surface area contributed by atoms with Gasteiger partial charge >= 0.3 is 12.5 Å². The number of nitrogens with zero attached hydrogens (tertiary/aromatic N) is 4. The smallest absolute Gasteiger partial charge is 0.444 e. The average molecular weight is 538 g/mol. The lowest BCUT2D eigenvalue weighted by atomic mass is 9.57. The number of rotatable bonds is 5. The van der Waals surface area contributed by atoms with E-state index >= 15 is 0 Å². The quantitative estimate of drug-likeness (QED) is 0.418. The van der Waals surface area contributed by atoms with Crippen LogP contribution in [0.3, 0.4) is 0 Å². The summed E-state index contributed by atoms with van der Waals surface area (Å²) in [5.74, 6) is 0.240. The summed E-state index contributed by atoms with van der Waals surface area (Å²) in [6, 6.07) is 5.79. The molecule has 0 unspecified atom stereocenters. The van der Waals surface area contributed by atoms with E-state index in [4.69, 9.17) is 4.74 Å². The number of hydrogen-bond donors (Lipinski definition) is 1. The van der Waals surface area contributed by atoms with Gasteiger partial charge in [-0.3, -0.25) is 0 Å². The zero-order chi connectivity index (χ0) is 26.4. The number of ether oxygens (including phenoxy) is 2. The minimum absolute atomic E-state index is 0.229. The van der Waals surface area contributed by atoms with Crippen LogP contribution in [-0.4, -0.2) is 57.2 Å². The van der Waals surface area contributed by atoms with Gasteiger partial charge in [0.25, 0.3) is 0 Å². The number of anilines is 1. The van der Waals surface area contributed by atoms with E-state index in [1.165, 1.54) is 29.5 Å². The summed E-state index contributed by atoms with van der Waals surface area (Å²) in [5.41, 5.74) is 0.943. The van der Waals surface area contributed by atoms with Crippen LogP contribution in [0.5, 0.6) is 5.75 Å². The molecule has 3 aromatic rings. The molecule has 200 valence electrons. The molecule has 0 radical (unpaired) electrons. The molecule has 1 spiro atoms. The van der Waals surface area contributed by atoms with E-state index in [1.807, 2.05) is 25.7 Å². The molecule has 8 nitrogen and oxygen atoms in total. The first-order chi connectivity index (χ1) is 17.4. The van der Waals surface area contributed by atoms with Gasteiger partial charge in [-0.25, -0.2) is 14.3 Å². The van der Waals surface area contributed by atoms with Crippen LogP contribution in [0.15, 0.2) is 30.5 Å². The molecular weight excluding hydrogens is 507 g/mol. The molecular formula is C25H30F3N5O3S. The number of benzene rings is 1. The van der Waals surface area contributed by atoms with E-state index in [2.05, 4.69) is 20.1 Å². The fraction of sp³-hybridized carbons (Fsp3) is 0.560. The van der Waals surface area contributed by atoms with Crippen molar-refractivity contribution in [2.75, 3.05) is 25.0 Å². The van der Waals surface area contributed by atoms with Gasteiger partial charge in [-0.2, -0.15) is 0 Å². The summed E-state index contributed by atoms with van der Waals surface area (Å²) in [6.45, 7) is 7.90. The van der Waals surface area contributed by atoms with E-state index < -0.39 is 12.0 Å². The highest BCUT2D eigenvalue weighted by molar-refractivity contribution is 7.20. The van der Waals surface area contributed by atoms with Gasteiger partial charge in [0.15, 0.2) is 0 Å². The van der Waals surface area contributed by atoms with Gasteiger partial charge in [0, 0.05) is 25.2 Å². The molecule has 1 saturated carbocycles. The molecule has 1 saturated heterocycles. The predicted molar refractivity (Wildman–Crippen MR) is 134 cm³/mol. The highest BCUT2D eigenvalue weighted by atomic mass is 32.1. The SMILES string of the molecule is CC(C)(C)OC(=O)N1CCC2(CC1)CC(CNc1nn3c(-c4cccc(OC(F)(F)F)c4)cnc3s1)C2. The molecule has 1 aromatic carbocycles. The molecule has 1 amide bonds. The Balaban J connectivity index is 1.14. The molecule has 2 aliphatic rings. The number of fused-ring (bicyclic) bond motifs is 1. The van der Waals surface area contributed by atoms with Gasteiger partial charge in [0.05, 0.1) is 11.9 Å². The third-order valence-corrected chi connectivity index (χ3v) is 7.79. The maximum atomic E-state index is 12.6. The summed E-state index contributed by atoms with van der Waals surface area (Å²) >= 11 is 1.40. The standard InChI is InChI=1S/C25H30F3N5O3S/c1-23(2,3)36-22(34)32-9-7-24(8-10-32)12-16(13-24)14-29-20-31-33-19(15-30-21(33)37-20)17-5-4-6-18(11-17)35-25(26,27)28/h4-6,11,15-16H,7-10,12-14H2,1-3H3,(H,29,31). The van der Waals surface area contributed by atoms with Crippen LogP contribution < -0.4 is 10.1 Å². The number of alkyl halides is 3. The minimum Gasteiger partial charge on any atom is -0.444 e. The zero-order valence-corrected chi connectivity index (χ0v) is 21.8. The van der Waals surface area contributed by atoms with Gasteiger partial charge in [-0.05, 0) is 69.9 Å². The molecule has 1 aliphatic heterocycles. The average Bonchev–Trinajstić information content (AvgIpc) is 3.35. The summed E-state index contributed by atoms with van der Waals surface area (Å²) in [4.78, 5) is 19.2. The van der Waals surface area contributed by atoms with Crippen molar-refractivity contribution in [1.82, 2.24) is 19.5 Å². The molecule has 0 bridgehead atoms. The lowest BCUT2D eigenvalue weighted by molar-refractivity contribution is -0.274. The normalized spacial score (nSPS) is 18.2. The predicted octanol–water partition coefficient (Wildman–Crippen LogP) is 6.20. The van der Waals surface area contributed by atoms with Crippen molar-refractivity contribution in [3.63, 3.8) is 0 Å².